The number of hydrogen-bond acceptors (Lipinski definition) is 2. The summed E-state index contributed by atoms with van der Waals surface area (Å²) in [6.07, 6.45) is 5.93. The minimum Gasteiger partial charge on any atom is -0.334 e. The molecule has 1 saturated carbocycles. The van der Waals surface area contributed by atoms with Crippen molar-refractivity contribution in [3.63, 3.8) is 0 Å². The van der Waals surface area contributed by atoms with Crippen LogP contribution in [0.15, 0.2) is 0 Å². The van der Waals surface area contributed by atoms with E-state index in [9.17, 15) is 4.79 Å². The van der Waals surface area contributed by atoms with Gasteiger partial charge in [0.1, 0.15) is 0 Å². The number of amides is 2. The van der Waals surface area contributed by atoms with Gasteiger partial charge in [0.15, 0.2) is 0 Å². The van der Waals surface area contributed by atoms with Crippen LogP contribution in [0.2, 0.25) is 0 Å². The third-order valence-electron chi connectivity index (χ3n) is 2.89. The lowest BCUT2D eigenvalue weighted by Gasteiger charge is -2.28. The molecule has 0 aliphatic heterocycles. The number of carbonyl (C=O) groups is 1. The third kappa shape index (κ3) is 3.54. The average Bonchev–Trinajstić information content (AvgIpc) is 2.18. The molecule has 14 heavy (non-hydrogen) atoms. The molecule has 0 spiro atoms. The molecule has 0 aromatic heterocycles. The van der Waals surface area contributed by atoms with Crippen LogP contribution in [0.3, 0.4) is 0 Å². The highest BCUT2D eigenvalue weighted by molar-refractivity contribution is 5.72. The van der Waals surface area contributed by atoms with E-state index in [2.05, 4.69) is 22.6 Å². The van der Waals surface area contributed by atoms with Gasteiger partial charge in [-0.2, -0.15) is 0 Å². The Balaban J connectivity index is 2.26. The van der Waals surface area contributed by atoms with Crippen LogP contribution in [0.4, 0.5) is 4.79 Å². The molecular formula is C10H20N2O2. The summed E-state index contributed by atoms with van der Waals surface area (Å²) in [6, 6.07) is 0.0955. The molecule has 4 nitrogen and oxygen atoms in total. The predicted molar refractivity (Wildman–Crippen MR) is 54.7 cm³/mol. The van der Waals surface area contributed by atoms with E-state index in [1.165, 1.54) is 26.4 Å². The van der Waals surface area contributed by atoms with E-state index in [1.54, 1.807) is 0 Å². The Hall–Kier alpha value is -0.770. The van der Waals surface area contributed by atoms with Gasteiger partial charge in [0.05, 0.1) is 7.11 Å². The highest BCUT2D eigenvalue weighted by Gasteiger charge is 2.21. The Morgan fingerprint density at radius 1 is 1.50 bits per heavy atom. The van der Waals surface area contributed by atoms with E-state index >= 15 is 0 Å². The van der Waals surface area contributed by atoms with Crippen molar-refractivity contribution in [1.82, 2.24) is 10.8 Å². The largest absolute Gasteiger partial charge is 0.338 e. The number of rotatable bonds is 3. The smallest absolute Gasteiger partial charge is 0.334 e. The summed E-state index contributed by atoms with van der Waals surface area (Å²) < 4.78 is 0. The van der Waals surface area contributed by atoms with Gasteiger partial charge in [0.2, 0.25) is 0 Å². The zero-order valence-corrected chi connectivity index (χ0v) is 9.01. The lowest BCUT2D eigenvalue weighted by molar-refractivity contribution is 0.104. The fourth-order valence-corrected chi connectivity index (χ4v) is 2.10. The molecule has 0 bridgehead atoms. The first-order valence-corrected chi connectivity index (χ1v) is 5.35. The fraction of sp³-hybridized carbons (Fsp3) is 0.900. The average molecular weight is 200 g/mol. The van der Waals surface area contributed by atoms with Crippen molar-refractivity contribution in [3.8, 4) is 0 Å². The molecule has 0 aromatic rings. The summed E-state index contributed by atoms with van der Waals surface area (Å²) in [5, 5.41) is 2.91. The highest BCUT2D eigenvalue weighted by atomic mass is 16.6. The first-order chi connectivity index (χ1) is 6.76. The van der Waals surface area contributed by atoms with Gasteiger partial charge in [0, 0.05) is 6.04 Å². The maximum atomic E-state index is 11.2. The maximum absolute atomic E-state index is 11.2. The van der Waals surface area contributed by atoms with E-state index in [-0.39, 0.29) is 6.03 Å². The minimum atomic E-state index is -0.228. The van der Waals surface area contributed by atoms with Gasteiger partial charge in [-0.25, -0.2) is 10.3 Å². The first-order valence-electron chi connectivity index (χ1n) is 5.35. The molecule has 1 aliphatic carbocycles. The van der Waals surface area contributed by atoms with Crippen LogP contribution >= 0.6 is 0 Å². The van der Waals surface area contributed by atoms with Crippen molar-refractivity contribution in [2.45, 2.75) is 45.1 Å². The van der Waals surface area contributed by atoms with Gasteiger partial charge in [-0.3, -0.25) is 4.84 Å². The third-order valence-corrected chi connectivity index (χ3v) is 2.89. The second-order valence-corrected chi connectivity index (χ2v) is 3.92. The van der Waals surface area contributed by atoms with E-state index in [0.29, 0.717) is 6.04 Å². The van der Waals surface area contributed by atoms with Crippen molar-refractivity contribution >= 4 is 6.03 Å². The highest BCUT2D eigenvalue weighted by Crippen LogP contribution is 2.26. The number of nitrogens with one attached hydrogen (secondary N) is 2. The SMILES string of the molecule is CC[C@@H]1CCC[C@@H](NC(=O)NOC)C1. The molecule has 0 unspecified atom stereocenters. The lowest BCUT2D eigenvalue weighted by Crippen LogP contribution is -2.43. The molecule has 0 aromatic carbocycles. The summed E-state index contributed by atoms with van der Waals surface area (Å²) in [5.41, 5.74) is 2.28. The Kier molecular flexibility index (Phi) is 4.73. The van der Waals surface area contributed by atoms with E-state index in [0.717, 1.165) is 18.8 Å². The molecule has 4 heteroatoms. The number of hydrogen-bond donors (Lipinski definition) is 2. The van der Waals surface area contributed by atoms with Crippen LogP contribution in [0.1, 0.15) is 39.0 Å². The van der Waals surface area contributed by atoms with E-state index in [1.807, 2.05) is 0 Å². The zero-order valence-electron chi connectivity index (χ0n) is 9.01. The summed E-state index contributed by atoms with van der Waals surface area (Å²) in [7, 11) is 1.44. The predicted octanol–water partition coefficient (Wildman–Crippen LogP) is 1.82. The molecule has 1 aliphatic rings. The summed E-state index contributed by atoms with van der Waals surface area (Å²) in [5.74, 6) is 0.775. The quantitative estimate of drug-likeness (QED) is 0.683. The second-order valence-electron chi connectivity index (χ2n) is 3.92. The summed E-state index contributed by atoms with van der Waals surface area (Å²) in [4.78, 5) is 15.7. The molecule has 2 amide bonds. The lowest BCUT2D eigenvalue weighted by atomic mass is 9.84. The molecule has 82 valence electrons. The Morgan fingerprint density at radius 2 is 2.29 bits per heavy atom. The Labute approximate surface area is 85.3 Å². The fourth-order valence-electron chi connectivity index (χ4n) is 2.10. The van der Waals surface area contributed by atoms with Crippen LogP contribution in [-0.4, -0.2) is 19.2 Å². The number of urea groups is 1. The van der Waals surface area contributed by atoms with Crippen molar-refractivity contribution in [3.05, 3.63) is 0 Å². The van der Waals surface area contributed by atoms with Crippen LogP contribution < -0.4 is 10.8 Å². The molecule has 2 N–H and O–H groups in total. The standard InChI is InChI=1S/C10H20N2O2/c1-3-8-5-4-6-9(7-8)11-10(13)12-14-2/h8-9H,3-7H2,1-2H3,(H2,11,12,13)/t8-,9-/m1/s1. The molecule has 1 rings (SSSR count). The zero-order chi connectivity index (χ0) is 10.4. The number of carbonyl (C=O) groups excluding carboxylic acids is 1. The molecule has 1 fully saturated rings. The molecule has 0 heterocycles. The van der Waals surface area contributed by atoms with Crippen LogP contribution in [0.25, 0.3) is 0 Å². The van der Waals surface area contributed by atoms with Crippen molar-refractivity contribution in [2.24, 2.45) is 5.92 Å². The minimum absolute atomic E-state index is 0.228. The van der Waals surface area contributed by atoms with Gasteiger partial charge in [-0.05, 0) is 18.8 Å². The van der Waals surface area contributed by atoms with Gasteiger partial charge in [-0.15, -0.1) is 0 Å². The molecule has 2 atom stereocenters. The Morgan fingerprint density at radius 3 is 2.93 bits per heavy atom. The van der Waals surface area contributed by atoms with Gasteiger partial charge < -0.3 is 5.32 Å². The Bertz CT molecular complexity index is 185. The van der Waals surface area contributed by atoms with Crippen molar-refractivity contribution in [2.75, 3.05) is 7.11 Å². The first kappa shape index (κ1) is 11.3. The molecule has 0 saturated heterocycles. The summed E-state index contributed by atoms with van der Waals surface area (Å²) in [6.45, 7) is 2.21. The monoisotopic (exact) mass is 200 g/mol. The number of hydroxylamine groups is 1. The van der Waals surface area contributed by atoms with Crippen LogP contribution in [-0.2, 0) is 4.84 Å². The van der Waals surface area contributed by atoms with Crippen LogP contribution in [0.5, 0.6) is 0 Å². The molecule has 0 radical (unpaired) electrons. The topological polar surface area (TPSA) is 50.4 Å². The summed E-state index contributed by atoms with van der Waals surface area (Å²) >= 11 is 0. The van der Waals surface area contributed by atoms with Crippen molar-refractivity contribution < 1.29 is 9.63 Å². The normalized spacial score (nSPS) is 27.0. The molecular weight excluding hydrogens is 180 g/mol. The van der Waals surface area contributed by atoms with E-state index in [4.69, 9.17) is 0 Å². The second kappa shape index (κ2) is 5.86. The maximum Gasteiger partial charge on any atom is 0.338 e. The van der Waals surface area contributed by atoms with Gasteiger partial charge in [-0.1, -0.05) is 26.2 Å². The van der Waals surface area contributed by atoms with Gasteiger partial charge in [0.25, 0.3) is 0 Å². The van der Waals surface area contributed by atoms with Crippen LogP contribution in [0, 0.1) is 5.92 Å². The van der Waals surface area contributed by atoms with Gasteiger partial charge >= 0.3 is 6.03 Å². The van der Waals surface area contributed by atoms with Crippen molar-refractivity contribution in [1.29, 1.82) is 0 Å². The van der Waals surface area contributed by atoms with E-state index < -0.39 is 0 Å².